The van der Waals surface area contributed by atoms with Gasteiger partial charge in [0.25, 0.3) is 5.91 Å². The zero-order chi connectivity index (χ0) is 17.6. The Hall–Kier alpha value is -3.16. The van der Waals surface area contributed by atoms with Crippen LogP contribution in [0, 0.1) is 0 Å². The SMILES string of the molecule is O=C(CC[C@@H]1NC(=O)N(Cc2ccco2)C1=O)NCc1ccccn1. The zero-order valence-electron chi connectivity index (χ0n) is 13.5. The average molecular weight is 342 g/mol. The van der Waals surface area contributed by atoms with E-state index in [0.29, 0.717) is 12.3 Å². The molecule has 3 heterocycles. The van der Waals surface area contributed by atoms with E-state index in [1.54, 1.807) is 24.4 Å². The summed E-state index contributed by atoms with van der Waals surface area (Å²) in [7, 11) is 0. The van der Waals surface area contributed by atoms with E-state index < -0.39 is 12.1 Å². The van der Waals surface area contributed by atoms with Crippen LogP contribution in [-0.2, 0) is 22.7 Å². The maximum Gasteiger partial charge on any atom is 0.325 e. The molecule has 1 atom stereocenters. The highest BCUT2D eigenvalue weighted by Gasteiger charge is 2.38. The van der Waals surface area contributed by atoms with Gasteiger partial charge in [-0.2, -0.15) is 0 Å². The quantitative estimate of drug-likeness (QED) is 0.736. The summed E-state index contributed by atoms with van der Waals surface area (Å²) < 4.78 is 5.16. The number of imide groups is 1. The van der Waals surface area contributed by atoms with Crippen molar-refractivity contribution in [3.63, 3.8) is 0 Å². The predicted octanol–water partition coefficient (Wildman–Crippen LogP) is 1.19. The normalized spacial score (nSPS) is 16.8. The van der Waals surface area contributed by atoms with Crippen LogP contribution in [0.2, 0.25) is 0 Å². The van der Waals surface area contributed by atoms with Crippen LogP contribution in [0.3, 0.4) is 0 Å². The lowest BCUT2D eigenvalue weighted by molar-refractivity contribution is -0.128. The Morgan fingerprint density at radius 2 is 2.16 bits per heavy atom. The summed E-state index contributed by atoms with van der Waals surface area (Å²) in [4.78, 5) is 41.3. The molecule has 8 heteroatoms. The molecule has 1 saturated heterocycles. The van der Waals surface area contributed by atoms with E-state index in [0.717, 1.165) is 10.6 Å². The first-order chi connectivity index (χ1) is 12.1. The van der Waals surface area contributed by atoms with Crippen molar-refractivity contribution in [3.05, 3.63) is 54.2 Å². The van der Waals surface area contributed by atoms with Gasteiger partial charge in [0, 0.05) is 12.6 Å². The Morgan fingerprint density at radius 1 is 1.28 bits per heavy atom. The number of rotatable bonds is 7. The second-order valence-corrected chi connectivity index (χ2v) is 5.64. The lowest BCUT2D eigenvalue weighted by Gasteiger charge is -2.11. The number of carbonyl (C=O) groups is 3. The Balaban J connectivity index is 1.46. The third kappa shape index (κ3) is 4.23. The summed E-state index contributed by atoms with van der Waals surface area (Å²) in [5, 5.41) is 5.34. The first-order valence-electron chi connectivity index (χ1n) is 7.94. The van der Waals surface area contributed by atoms with Crippen molar-refractivity contribution in [3.8, 4) is 0 Å². The van der Waals surface area contributed by atoms with Crippen LogP contribution in [0.1, 0.15) is 24.3 Å². The summed E-state index contributed by atoms with van der Waals surface area (Å²) in [6.45, 7) is 0.412. The fraction of sp³-hybridized carbons (Fsp3) is 0.294. The van der Waals surface area contributed by atoms with Gasteiger partial charge in [0.2, 0.25) is 5.91 Å². The summed E-state index contributed by atoms with van der Waals surface area (Å²) >= 11 is 0. The second kappa shape index (κ2) is 7.61. The topological polar surface area (TPSA) is 105 Å². The van der Waals surface area contributed by atoms with Crippen molar-refractivity contribution >= 4 is 17.8 Å². The number of aromatic nitrogens is 1. The van der Waals surface area contributed by atoms with Crippen LogP contribution >= 0.6 is 0 Å². The van der Waals surface area contributed by atoms with Gasteiger partial charge >= 0.3 is 6.03 Å². The Kier molecular flexibility index (Phi) is 5.08. The van der Waals surface area contributed by atoms with Crippen molar-refractivity contribution in [2.24, 2.45) is 0 Å². The Morgan fingerprint density at radius 3 is 2.88 bits per heavy atom. The standard InChI is InChI=1S/C17H18N4O4/c22-15(19-10-12-4-1-2-8-18-12)7-6-14-16(23)21(17(24)20-14)11-13-5-3-9-25-13/h1-5,8-9,14H,6-7,10-11H2,(H,19,22)(H,20,24)/t14-/m0/s1. The molecule has 2 aromatic rings. The highest BCUT2D eigenvalue weighted by molar-refractivity contribution is 6.04. The van der Waals surface area contributed by atoms with Gasteiger partial charge in [0.05, 0.1) is 25.0 Å². The number of hydrogen-bond donors (Lipinski definition) is 2. The largest absolute Gasteiger partial charge is 0.467 e. The number of pyridine rings is 1. The molecule has 0 radical (unpaired) electrons. The molecule has 25 heavy (non-hydrogen) atoms. The van der Waals surface area contributed by atoms with Crippen molar-refractivity contribution in [1.29, 1.82) is 0 Å². The summed E-state index contributed by atoms with van der Waals surface area (Å²) in [5.41, 5.74) is 0.755. The molecule has 130 valence electrons. The molecule has 8 nitrogen and oxygen atoms in total. The monoisotopic (exact) mass is 342 g/mol. The van der Waals surface area contributed by atoms with Crippen molar-refractivity contribution in [2.45, 2.75) is 32.0 Å². The van der Waals surface area contributed by atoms with Crippen LogP contribution in [0.4, 0.5) is 4.79 Å². The molecule has 0 saturated carbocycles. The van der Waals surface area contributed by atoms with E-state index in [1.807, 2.05) is 12.1 Å². The molecule has 3 rings (SSSR count). The van der Waals surface area contributed by atoms with E-state index >= 15 is 0 Å². The fourth-order valence-electron chi connectivity index (χ4n) is 2.54. The molecule has 0 spiro atoms. The van der Waals surface area contributed by atoms with E-state index in [4.69, 9.17) is 4.42 Å². The summed E-state index contributed by atoms with van der Waals surface area (Å²) in [6, 6.07) is 7.68. The van der Waals surface area contributed by atoms with Crippen molar-refractivity contribution in [2.75, 3.05) is 0 Å². The first-order valence-corrected chi connectivity index (χ1v) is 7.94. The van der Waals surface area contributed by atoms with Crippen LogP contribution < -0.4 is 10.6 Å². The number of amides is 4. The molecule has 2 N–H and O–H groups in total. The summed E-state index contributed by atoms with van der Waals surface area (Å²) in [5.74, 6) is -0.0200. The minimum atomic E-state index is -0.692. The molecule has 1 aliphatic rings. The van der Waals surface area contributed by atoms with Gasteiger partial charge in [-0.3, -0.25) is 19.5 Å². The van der Waals surface area contributed by atoms with Gasteiger partial charge in [-0.25, -0.2) is 4.79 Å². The number of furan rings is 1. The van der Waals surface area contributed by atoms with E-state index in [-0.39, 0.29) is 31.2 Å². The predicted molar refractivity (Wildman–Crippen MR) is 86.9 cm³/mol. The second-order valence-electron chi connectivity index (χ2n) is 5.64. The van der Waals surface area contributed by atoms with Crippen LogP contribution in [0.5, 0.6) is 0 Å². The highest BCUT2D eigenvalue weighted by Crippen LogP contribution is 2.15. The highest BCUT2D eigenvalue weighted by atomic mass is 16.3. The third-order valence-corrected chi connectivity index (χ3v) is 3.85. The molecule has 0 aromatic carbocycles. The molecule has 2 aromatic heterocycles. The molecule has 1 aliphatic heterocycles. The Bertz CT molecular complexity index is 745. The summed E-state index contributed by atoms with van der Waals surface area (Å²) in [6.07, 6.45) is 3.52. The number of nitrogens with one attached hydrogen (secondary N) is 2. The molecule has 0 unspecified atom stereocenters. The lowest BCUT2D eigenvalue weighted by atomic mass is 10.1. The van der Waals surface area contributed by atoms with E-state index in [1.165, 1.54) is 6.26 Å². The molecular formula is C17H18N4O4. The molecule has 4 amide bonds. The number of carbonyl (C=O) groups excluding carboxylic acids is 3. The van der Waals surface area contributed by atoms with Gasteiger partial charge in [-0.1, -0.05) is 6.07 Å². The van der Waals surface area contributed by atoms with E-state index in [2.05, 4.69) is 15.6 Å². The van der Waals surface area contributed by atoms with Gasteiger partial charge < -0.3 is 15.1 Å². The average Bonchev–Trinajstić information content (AvgIpc) is 3.23. The lowest BCUT2D eigenvalue weighted by Crippen LogP contribution is -2.32. The van der Waals surface area contributed by atoms with E-state index in [9.17, 15) is 14.4 Å². The molecule has 1 fully saturated rings. The van der Waals surface area contributed by atoms with Gasteiger partial charge in [0.1, 0.15) is 11.8 Å². The zero-order valence-corrected chi connectivity index (χ0v) is 13.5. The van der Waals surface area contributed by atoms with Gasteiger partial charge in [-0.15, -0.1) is 0 Å². The Labute approximate surface area is 144 Å². The van der Waals surface area contributed by atoms with Crippen molar-refractivity contribution < 1.29 is 18.8 Å². The van der Waals surface area contributed by atoms with Crippen LogP contribution in [0.15, 0.2) is 47.2 Å². The number of nitrogens with zero attached hydrogens (tertiary/aromatic N) is 2. The smallest absolute Gasteiger partial charge is 0.325 e. The minimum absolute atomic E-state index is 0.0834. The third-order valence-electron chi connectivity index (χ3n) is 3.85. The fourth-order valence-corrected chi connectivity index (χ4v) is 2.54. The molecule has 0 aliphatic carbocycles. The maximum absolute atomic E-state index is 12.3. The molecular weight excluding hydrogens is 324 g/mol. The number of urea groups is 1. The van der Waals surface area contributed by atoms with Crippen LogP contribution in [0.25, 0.3) is 0 Å². The molecule has 0 bridgehead atoms. The van der Waals surface area contributed by atoms with Crippen molar-refractivity contribution in [1.82, 2.24) is 20.5 Å². The van der Waals surface area contributed by atoms with Gasteiger partial charge in [-0.05, 0) is 30.7 Å². The maximum atomic E-state index is 12.3. The number of hydrogen-bond acceptors (Lipinski definition) is 5. The van der Waals surface area contributed by atoms with Crippen LogP contribution in [-0.4, -0.2) is 33.8 Å². The first kappa shape index (κ1) is 16.7. The van der Waals surface area contributed by atoms with Gasteiger partial charge in [0.15, 0.2) is 0 Å². The minimum Gasteiger partial charge on any atom is -0.467 e.